The minimum Gasteiger partial charge on any atom is -0.487 e. The Morgan fingerprint density at radius 3 is 2.60 bits per heavy atom. The van der Waals surface area contributed by atoms with Gasteiger partial charge in [0, 0.05) is 6.07 Å². The Morgan fingerprint density at radius 2 is 1.85 bits per heavy atom. The molecule has 0 heterocycles. The Morgan fingerprint density at radius 1 is 1.05 bits per heavy atom. The summed E-state index contributed by atoms with van der Waals surface area (Å²) in [5.41, 5.74) is 1.20. The van der Waals surface area contributed by atoms with Crippen LogP contribution in [0.3, 0.4) is 0 Å². The highest BCUT2D eigenvalue weighted by Gasteiger charge is 2.04. The fraction of sp³-hybridized carbons (Fsp3) is 0.125. The molecule has 0 saturated carbocycles. The van der Waals surface area contributed by atoms with Crippen molar-refractivity contribution in [1.29, 1.82) is 0 Å². The van der Waals surface area contributed by atoms with Crippen LogP contribution in [-0.2, 0) is 6.61 Å². The van der Waals surface area contributed by atoms with Gasteiger partial charge in [0.05, 0.1) is 11.4 Å². The Kier molecular flexibility index (Phi) is 4.97. The van der Waals surface area contributed by atoms with Gasteiger partial charge < -0.3 is 4.74 Å². The molecule has 0 fully saturated rings. The Hall–Kier alpha value is -2.05. The molecule has 0 saturated heterocycles. The van der Waals surface area contributed by atoms with Gasteiger partial charge in [-0.05, 0) is 29.8 Å². The van der Waals surface area contributed by atoms with E-state index in [0.717, 1.165) is 0 Å². The fourth-order valence-electron chi connectivity index (χ4n) is 1.64. The summed E-state index contributed by atoms with van der Waals surface area (Å²) in [6, 6.07) is 10.1. The standard InChI is InChI=1S/C16H11ClF2O/c17-8-2-4-13-6-7-15(19)10-16(13)20-11-12-3-1-5-14(18)9-12/h1,3,5-7,9-10H,8,11H2. The number of hydrogen-bond acceptors (Lipinski definition) is 1. The molecule has 0 N–H and O–H groups in total. The van der Waals surface area contributed by atoms with Gasteiger partial charge in [-0.1, -0.05) is 24.0 Å². The predicted molar refractivity (Wildman–Crippen MR) is 74.7 cm³/mol. The van der Waals surface area contributed by atoms with Crippen LogP contribution in [0.5, 0.6) is 5.75 Å². The summed E-state index contributed by atoms with van der Waals surface area (Å²) in [5, 5.41) is 0. The van der Waals surface area contributed by atoms with Crippen LogP contribution in [0.1, 0.15) is 11.1 Å². The van der Waals surface area contributed by atoms with Crippen molar-refractivity contribution in [3.05, 3.63) is 65.2 Å². The molecule has 2 rings (SSSR count). The second-order valence-electron chi connectivity index (χ2n) is 3.99. The number of halogens is 3. The first kappa shape index (κ1) is 14.4. The average molecular weight is 293 g/mol. The van der Waals surface area contributed by atoms with Gasteiger partial charge in [0.2, 0.25) is 0 Å². The number of benzene rings is 2. The molecule has 0 aliphatic carbocycles. The molecule has 1 nitrogen and oxygen atoms in total. The normalized spacial score (nSPS) is 9.75. The Balaban J connectivity index is 2.17. The summed E-state index contributed by atoms with van der Waals surface area (Å²) in [6.45, 7) is 0.136. The molecule has 4 heteroatoms. The highest BCUT2D eigenvalue weighted by atomic mass is 35.5. The molecule has 0 radical (unpaired) electrons. The number of hydrogen-bond donors (Lipinski definition) is 0. The predicted octanol–water partition coefficient (Wildman–Crippen LogP) is 4.13. The van der Waals surface area contributed by atoms with Crippen molar-refractivity contribution in [1.82, 2.24) is 0 Å². The highest BCUT2D eigenvalue weighted by molar-refractivity contribution is 6.19. The van der Waals surface area contributed by atoms with E-state index in [1.807, 2.05) is 0 Å². The maximum absolute atomic E-state index is 13.2. The van der Waals surface area contributed by atoms with Gasteiger partial charge in [-0.2, -0.15) is 0 Å². The molecule has 0 aromatic heterocycles. The van der Waals surface area contributed by atoms with Crippen molar-refractivity contribution in [2.24, 2.45) is 0 Å². The largest absolute Gasteiger partial charge is 0.487 e. The minimum absolute atomic E-state index is 0.136. The van der Waals surface area contributed by atoms with Gasteiger partial charge in [0.1, 0.15) is 24.0 Å². The zero-order chi connectivity index (χ0) is 14.4. The lowest BCUT2D eigenvalue weighted by Crippen LogP contribution is -1.98. The fourth-order valence-corrected chi connectivity index (χ4v) is 1.70. The van der Waals surface area contributed by atoms with Gasteiger partial charge in [-0.3, -0.25) is 0 Å². The lowest BCUT2D eigenvalue weighted by atomic mass is 10.2. The Bertz CT molecular complexity index is 659. The van der Waals surface area contributed by atoms with Crippen LogP contribution in [0.2, 0.25) is 0 Å². The van der Waals surface area contributed by atoms with Crippen LogP contribution < -0.4 is 4.74 Å². The van der Waals surface area contributed by atoms with E-state index in [2.05, 4.69) is 11.8 Å². The van der Waals surface area contributed by atoms with Crippen molar-refractivity contribution in [2.75, 3.05) is 5.88 Å². The molecule has 2 aromatic carbocycles. The molecule has 0 amide bonds. The SMILES string of the molecule is Fc1cccc(COc2cc(F)ccc2C#CCCl)c1. The molecule has 0 spiro atoms. The molecule has 20 heavy (non-hydrogen) atoms. The summed E-state index contributed by atoms with van der Waals surface area (Å²) in [5.74, 6) is 5.21. The van der Waals surface area contributed by atoms with Crippen molar-refractivity contribution < 1.29 is 13.5 Å². The second kappa shape index (κ2) is 6.93. The smallest absolute Gasteiger partial charge is 0.138 e. The zero-order valence-electron chi connectivity index (χ0n) is 10.5. The summed E-state index contributed by atoms with van der Waals surface area (Å²) < 4.78 is 31.8. The van der Waals surface area contributed by atoms with E-state index < -0.39 is 5.82 Å². The third-order valence-corrected chi connectivity index (χ3v) is 2.65. The van der Waals surface area contributed by atoms with Crippen LogP contribution in [0.15, 0.2) is 42.5 Å². The van der Waals surface area contributed by atoms with Crippen LogP contribution >= 0.6 is 11.6 Å². The van der Waals surface area contributed by atoms with Crippen LogP contribution in [0, 0.1) is 23.5 Å². The first-order valence-corrected chi connectivity index (χ1v) is 6.44. The van der Waals surface area contributed by atoms with Crippen LogP contribution in [0.25, 0.3) is 0 Å². The second-order valence-corrected chi connectivity index (χ2v) is 4.26. The first-order valence-electron chi connectivity index (χ1n) is 5.90. The number of rotatable bonds is 3. The van der Waals surface area contributed by atoms with Gasteiger partial charge in [-0.25, -0.2) is 8.78 Å². The van der Waals surface area contributed by atoms with Crippen LogP contribution in [0.4, 0.5) is 8.78 Å². The van der Waals surface area contributed by atoms with E-state index in [9.17, 15) is 8.78 Å². The number of alkyl halides is 1. The van der Waals surface area contributed by atoms with Gasteiger partial charge >= 0.3 is 0 Å². The van der Waals surface area contributed by atoms with E-state index in [-0.39, 0.29) is 18.3 Å². The van der Waals surface area contributed by atoms with Gasteiger partial charge in [-0.15, -0.1) is 11.6 Å². The molecular formula is C16H11ClF2O. The summed E-state index contributed by atoms with van der Waals surface area (Å²) in [4.78, 5) is 0. The van der Waals surface area contributed by atoms with Crippen molar-refractivity contribution in [2.45, 2.75) is 6.61 Å². The van der Waals surface area contributed by atoms with E-state index in [4.69, 9.17) is 16.3 Å². The molecule has 0 aliphatic heterocycles. The molecule has 0 bridgehead atoms. The first-order chi connectivity index (χ1) is 9.69. The quantitative estimate of drug-likeness (QED) is 0.610. The third kappa shape index (κ3) is 3.97. The average Bonchev–Trinajstić information content (AvgIpc) is 2.44. The van der Waals surface area contributed by atoms with Gasteiger partial charge in [0.25, 0.3) is 0 Å². The lowest BCUT2D eigenvalue weighted by Gasteiger charge is -2.08. The highest BCUT2D eigenvalue weighted by Crippen LogP contribution is 2.20. The minimum atomic E-state index is -0.421. The number of ether oxygens (including phenoxy) is 1. The van der Waals surface area contributed by atoms with E-state index in [0.29, 0.717) is 16.9 Å². The van der Waals surface area contributed by atoms with Crippen LogP contribution in [-0.4, -0.2) is 5.88 Å². The van der Waals surface area contributed by atoms with Crippen molar-refractivity contribution in [3.63, 3.8) is 0 Å². The third-order valence-electron chi connectivity index (χ3n) is 2.52. The monoisotopic (exact) mass is 292 g/mol. The zero-order valence-corrected chi connectivity index (χ0v) is 11.3. The summed E-state index contributed by atoms with van der Waals surface area (Å²) >= 11 is 5.50. The summed E-state index contributed by atoms with van der Waals surface area (Å²) in [6.07, 6.45) is 0. The van der Waals surface area contributed by atoms with Crippen molar-refractivity contribution in [3.8, 4) is 17.6 Å². The van der Waals surface area contributed by atoms with E-state index in [1.165, 1.54) is 30.3 Å². The van der Waals surface area contributed by atoms with E-state index in [1.54, 1.807) is 12.1 Å². The molecule has 0 atom stereocenters. The molecule has 2 aromatic rings. The molecule has 0 aliphatic rings. The topological polar surface area (TPSA) is 9.23 Å². The van der Waals surface area contributed by atoms with E-state index >= 15 is 0 Å². The lowest BCUT2D eigenvalue weighted by molar-refractivity contribution is 0.303. The Labute approximate surface area is 121 Å². The summed E-state index contributed by atoms with van der Waals surface area (Å²) in [7, 11) is 0. The van der Waals surface area contributed by atoms with Crippen molar-refractivity contribution >= 4 is 11.6 Å². The maximum Gasteiger partial charge on any atom is 0.138 e. The molecule has 102 valence electrons. The van der Waals surface area contributed by atoms with Gasteiger partial charge in [0.15, 0.2) is 0 Å². The molecule has 0 unspecified atom stereocenters. The maximum atomic E-state index is 13.2. The molecular weight excluding hydrogens is 282 g/mol.